The summed E-state index contributed by atoms with van der Waals surface area (Å²) in [4.78, 5) is 0. The zero-order valence-electron chi connectivity index (χ0n) is 9.53. The van der Waals surface area contributed by atoms with Crippen LogP contribution in [0.15, 0.2) is 23.3 Å². The van der Waals surface area contributed by atoms with Crippen LogP contribution in [0.5, 0.6) is 0 Å². The van der Waals surface area contributed by atoms with Gasteiger partial charge < -0.3 is 0 Å². The summed E-state index contributed by atoms with van der Waals surface area (Å²) in [5.74, 6) is 0.594. The van der Waals surface area contributed by atoms with Gasteiger partial charge in [0.2, 0.25) is 0 Å². The molecule has 0 aliphatic heterocycles. The van der Waals surface area contributed by atoms with Crippen molar-refractivity contribution in [2.24, 2.45) is 5.11 Å². The molecular formula is C13H19N2+. The molecule has 2 rings (SSSR count). The van der Waals surface area contributed by atoms with Gasteiger partial charge in [-0.1, -0.05) is 32.0 Å². The van der Waals surface area contributed by atoms with Crippen molar-refractivity contribution in [2.75, 3.05) is 0 Å². The van der Waals surface area contributed by atoms with Crippen molar-refractivity contribution in [2.45, 2.75) is 45.1 Å². The number of fused-ring (bicyclic) bond motifs is 1. The third-order valence-corrected chi connectivity index (χ3v) is 3.33. The molecule has 1 atom stereocenters. The van der Waals surface area contributed by atoms with Gasteiger partial charge in [0.25, 0.3) is 0 Å². The first-order valence-electron chi connectivity index (χ1n) is 5.73. The molecule has 0 saturated carbocycles. The Morgan fingerprint density at radius 3 is 2.87 bits per heavy atom. The number of nitrogens with zero attached hydrogens (tertiary/aromatic N) is 1. The van der Waals surface area contributed by atoms with Gasteiger partial charge in [-0.2, -0.15) is 5.53 Å². The highest BCUT2D eigenvalue weighted by atomic mass is 15.0. The van der Waals surface area contributed by atoms with Gasteiger partial charge in [-0.15, -0.1) is 0 Å². The SMILES string of the molecule is CC(C)c1cccc2c1CC(N=[NH2+])CC2. The van der Waals surface area contributed by atoms with Crippen LogP contribution in [0.4, 0.5) is 0 Å². The largest absolute Gasteiger partial charge is 0.157 e. The molecule has 0 amide bonds. The standard InChI is InChI=1S/C13H18N2/c1-9(2)12-5-3-4-10-6-7-11(15-14)8-13(10)12/h3-5,9,11,14H,6-8H2,1-2H3/p+1. The minimum absolute atomic E-state index is 0.331. The lowest BCUT2D eigenvalue weighted by molar-refractivity contribution is -0.229. The summed E-state index contributed by atoms with van der Waals surface area (Å²) in [5.41, 5.74) is 9.88. The van der Waals surface area contributed by atoms with Crippen LogP contribution in [0, 0.1) is 0 Å². The van der Waals surface area contributed by atoms with Gasteiger partial charge in [-0.25, -0.2) is 0 Å². The van der Waals surface area contributed by atoms with Crippen molar-refractivity contribution in [1.82, 2.24) is 0 Å². The minimum Gasteiger partial charge on any atom is -0.157 e. The van der Waals surface area contributed by atoms with Gasteiger partial charge in [0, 0.05) is 6.42 Å². The van der Waals surface area contributed by atoms with Gasteiger partial charge in [0.15, 0.2) is 0 Å². The smallest absolute Gasteiger partial charge is 0.116 e. The number of rotatable bonds is 2. The fourth-order valence-corrected chi connectivity index (χ4v) is 2.47. The van der Waals surface area contributed by atoms with Crippen LogP contribution in [0.25, 0.3) is 0 Å². The van der Waals surface area contributed by atoms with E-state index in [9.17, 15) is 0 Å². The molecule has 0 heterocycles. The number of hydrogen-bond acceptors (Lipinski definition) is 1. The van der Waals surface area contributed by atoms with E-state index in [2.05, 4.69) is 37.2 Å². The molecule has 0 aromatic heterocycles. The minimum atomic E-state index is 0.331. The van der Waals surface area contributed by atoms with E-state index in [4.69, 9.17) is 5.53 Å². The van der Waals surface area contributed by atoms with E-state index in [1.54, 1.807) is 0 Å². The van der Waals surface area contributed by atoms with E-state index in [-0.39, 0.29) is 0 Å². The van der Waals surface area contributed by atoms with Crippen LogP contribution in [-0.4, -0.2) is 6.04 Å². The predicted molar refractivity (Wildman–Crippen MR) is 60.7 cm³/mol. The molecule has 0 fully saturated rings. The number of benzene rings is 1. The first kappa shape index (κ1) is 10.3. The van der Waals surface area contributed by atoms with Gasteiger partial charge in [-0.3, -0.25) is 0 Å². The second kappa shape index (κ2) is 4.13. The molecule has 0 spiro atoms. The Morgan fingerprint density at radius 2 is 2.20 bits per heavy atom. The highest BCUT2D eigenvalue weighted by Gasteiger charge is 2.22. The molecule has 2 heteroatoms. The molecule has 1 aromatic carbocycles. The Balaban J connectivity index is 2.40. The lowest BCUT2D eigenvalue weighted by Gasteiger charge is -2.23. The Hall–Kier alpha value is -1.18. The van der Waals surface area contributed by atoms with Crippen LogP contribution >= 0.6 is 0 Å². The highest BCUT2D eigenvalue weighted by molar-refractivity contribution is 5.39. The second-order valence-electron chi connectivity index (χ2n) is 4.69. The third-order valence-electron chi connectivity index (χ3n) is 3.33. The van der Waals surface area contributed by atoms with Gasteiger partial charge >= 0.3 is 0 Å². The average molecular weight is 203 g/mol. The van der Waals surface area contributed by atoms with E-state index < -0.39 is 0 Å². The predicted octanol–water partition coefficient (Wildman–Crippen LogP) is 1.88. The topological polar surface area (TPSA) is 38.0 Å². The van der Waals surface area contributed by atoms with E-state index in [0.29, 0.717) is 12.0 Å². The summed E-state index contributed by atoms with van der Waals surface area (Å²) in [6.45, 7) is 4.50. The van der Waals surface area contributed by atoms with Gasteiger partial charge in [0.05, 0.1) is 0 Å². The van der Waals surface area contributed by atoms with E-state index >= 15 is 0 Å². The van der Waals surface area contributed by atoms with Crippen LogP contribution in [-0.2, 0) is 12.8 Å². The van der Waals surface area contributed by atoms with Crippen LogP contribution in [0.2, 0.25) is 0 Å². The number of hydrogen-bond donors (Lipinski definition) is 1. The Kier molecular flexibility index (Phi) is 2.85. The molecule has 0 saturated heterocycles. The number of nitrogens with two attached hydrogens (primary N) is 1. The third kappa shape index (κ3) is 1.94. The lowest BCUT2D eigenvalue weighted by Crippen LogP contribution is -2.32. The van der Waals surface area contributed by atoms with Gasteiger partial charge in [-0.05, 0) is 40.6 Å². The van der Waals surface area contributed by atoms with Crippen molar-refractivity contribution >= 4 is 0 Å². The van der Waals surface area contributed by atoms with E-state index in [1.165, 1.54) is 16.7 Å². The van der Waals surface area contributed by atoms with Crippen LogP contribution in [0.3, 0.4) is 0 Å². The van der Waals surface area contributed by atoms with Crippen LogP contribution < -0.4 is 5.53 Å². The molecule has 0 bridgehead atoms. The number of aryl methyl sites for hydroxylation is 1. The van der Waals surface area contributed by atoms with Crippen LogP contribution in [0.1, 0.15) is 42.9 Å². The fraction of sp³-hybridized carbons (Fsp3) is 0.538. The molecule has 1 aromatic rings. The zero-order valence-corrected chi connectivity index (χ0v) is 9.53. The maximum atomic E-state index is 5.41. The Bertz CT molecular complexity index is 369. The maximum absolute atomic E-state index is 5.41. The Morgan fingerprint density at radius 1 is 1.40 bits per heavy atom. The molecule has 2 N–H and O–H groups in total. The summed E-state index contributed by atoms with van der Waals surface area (Å²) < 4.78 is 0. The summed E-state index contributed by atoms with van der Waals surface area (Å²) in [6.07, 6.45) is 3.26. The molecular weight excluding hydrogens is 184 g/mol. The van der Waals surface area contributed by atoms with Crippen molar-refractivity contribution < 1.29 is 5.53 Å². The first-order valence-corrected chi connectivity index (χ1v) is 5.73. The molecule has 2 nitrogen and oxygen atoms in total. The van der Waals surface area contributed by atoms with Crippen molar-refractivity contribution in [3.05, 3.63) is 34.9 Å². The first-order chi connectivity index (χ1) is 7.22. The second-order valence-corrected chi connectivity index (χ2v) is 4.69. The van der Waals surface area contributed by atoms with Crippen molar-refractivity contribution in [1.29, 1.82) is 0 Å². The van der Waals surface area contributed by atoms with E-state index in [1.807, 2.05) is 0 Å². The molecule has 1 unspecified atom stereocenters. The molecule has 1 aliphatic rings. The quantitative estimate of drug-likeness (QED) is 0.713. The molecule has 80 valence electrons. The summed E-state index contributed by atoms with van der Waals surface area (Å²) >= 11 is 0. The molecule has 15 heavy (non-hydrogen) atoms. The molecule has 1 aliphatic carbocycles. The highest BCUT2D eigenvalue weighted by Crippen LogP contribution is 2.29. The zero-order chi connectivity index (χ0) is 10.8. The van der Waals surface area contributed by atoms with Crippen molar-refractivity contribution in [3.8, 4) is 0 Å². The summed E-state index contributed by atoms with van der Waals surface area (Å²) in [6, 6.07) is 6.99. The fourth-order valence-electron chi connectivity index (χ4n) is 2.47. The monoisotopic (exact) mass is 203 g/mol. The normalized spacial score (nSPS) is 20.1. The Labute approximate surface area is 91.2 Å². The van der Waals surface area contributed by atoms with E-state index in [0.717, 1.165) is 19.3 Å². The maximum Gasteiger partial charge on any atom is 0.116 e. The summed E-state index contributed by atoms with van der Waals surface area (Å²) in [7, 11) is 0. The van der Waals surface area contributed by atoms with Gasteiger partial charge in [0.1, 0.15) is 6.04 Å². The summed E-state index contributed by atoms with van der Waals surface area (Å²) in [5, 5.41) is 3.95. The van der Waals surface area contributed by atoms with Crippen molar-refractivity contribution in [3.63, 3.8) is 0 Å². The lowest BCUT2D eigenvalue weighted by atomic mass is 9.83. The molecule has 0 radical (unpaired) electrons. The average Bonchev–Trinajstić information content (AvgIpc) is 2.27.